The Morgan fingerprint density at radius 2 is 1.66 bits per heavy atom. The summed E-state index contributed by atoms with van der Waals surface area (Å²) >= 11 is 12.4. The van der Waals surface area contributed by atoms with Crippen molar-refractivity contribution < 1.29 is 19.0 Å². The summed E-state index contributed by atoms with van der Waals surface area (Å²) in [7, 11) is 1.54. The molecule has 4 aromatic rings. The Kier molecular flexibility index (Phi) is 8.08. The van der Waals surface area contributed by atoms with E-state index in [0.717, 1.165) is 10.8 Å². The Labute approximate surface area is 213 Å². The summed E-state index contributed by atoms with van der Waals surface area (Å²) in [5, 5.41) is 7.19. The number of nitrogens with one attached hydrogen (secondary N) is 1. The van der Waals surface area contributed by atoms with Crippen LogP contribution >= 0.6 is 23.2 Å². The van der Waals surface area contributed by atoms with E-state index in [2.05, 4.69) is 10.5 Å². The number of halogens is 2. The molecule has 0 fully saturated rings. The zero-order valence-electron chi connectivity index (χ0n) is 18.8. The molecule has 0 aromatic heterocycles. The molecule has 0 unspecified atom stereocenters. The van der Waals surface area contributed by atoms with Gasteiger partial charge in [0.2, 0.25) is 0 Å². The monoisotopic (exact) mass is 508 g/mol. The van der Waals surface area contributed by atoms with E-state index in [1.165, 1.54) is 13.3 Å². The van der Waals surface area contributed by atoms with Crippen LogP contribution < -0.4 is 19.6 Å². The van der Waals surface area contributed by atoms with Crippen LogP contribution in [0.1, 0.15) is 11.1 Å². The first-order valence-corrected chi connectivity index (χ1v) is 11.5. The second kappa shape index (κ2) is 11.6. The molecule has 35 heavy (non-hydrogen) atoms. The average molecular weight is 509 g/mol. The number of benzene rings is 4. The first kappa shape index (κ1) is 24.4. The van der Waals surface area contributed by atoms with Gasteiger partial charge in [-0.1, -0.05) is 59.6 Å². The standard InChI is InChI=1S/C27H22Cl2N2O4/c1-33-26-13-18(9-12-25(26)35-16-22-23(28)7-4-8-24(22)29)15-30-31-27(32)17-34-21-11-10-19-5-2-3-6-20(19)14-21/h2-15H,16-17H2,1H3,(H,31,32)/b30-15+. The highest BCUT2D eigenvalue weighted by atomic mass is 35.5. The molecule has 0 aliphatic rings. The minimum Gasteiger partial charge on any atom is -0.493 e. The Balaban J connectivity index is 1.31. The van der Waals surface area contributed by atoms with Crippen molar-refractivity contribution in [2.75, 3.05) is 13.7 Å². The van der Waals surface area contributed by atoms with E-state index < -0.39 is 0 Å². The number of nitrogens with zero attached hydrogens (tertiary/aromatic N) is 1. The molecule has 4 rings (SSSR count). The third-order valence-corrected chi connectivity index (χ3v) is 5.82. The quantitative estimate of drug-likeness (QED) is 0.214. The topological polar surface area (TPSA) is 69.2 Å². The fourth-order valence-electron chi connectivity index (χ4n) is 3.32. The molecular weight excluding hydrogens is 487 g/mol. The van der Waals surface area contributed by atoms with Gasteiger partial charge in [0, 0.05) is 15.6 Å². The molecule has 178 valence electrons. The van der Waals surface area contributed by atoms with E-state index >= 15 is 0 Å². The molecule has 6 nitrogen and oxygen atoms in total. The minimum atomic E-state index is -0.377. The van der Waals surface area contributed by atoms with Crippen molar-refractivity contribution >= 4 is 46.1 Å². The fraction of sp³-hybridized carbons (Fsp3) is 0.111. The number of rotatable bonds is 9. The van der Waals surface area contributed by atoms with Gasteiger partial charge >= 0.3 is 0 Å². The van der Waals surface area contributed by atoms with Crippen LogP contribution in [0.5, 0.6) is 17.2 Å². The van der Waals surface area contributed by atoms with Crippen LogP contribution in [-0.4, -0.2) is 25.8 Å². The summed E-state index contributed by atoms with van der Waals surface area (Å²) in [6.07, 6.45) is 1.51. The van der Waals surface area contributed by atoms with E-state index in [0.29, 0.717) is 38.4 Å². The Morgan fingerprint density at radius 3 is 2.43 bits per heavy atom. The molecular formula is C27H22Cl2N2O4. The van der Waals surface area contributed by atoms with Gasteiger partial charge in [-0.3, -0.25) is 4.79 Å². The van der Waals surface area contributed by atoms with Gasteiger partial charge in [-0.2, -0.15) is 5.10 Å². The number of hydrogen-bond donors (Lipinski definition) is 1. The third kappa shape index (κ3) is 6.44. The van der Waals surface area contributed by atoms with E-state index in [1.807, 2.05) is 42.5 Å². The zero-order chi connectivity index (χ0) is 24.6. The Hall–Kier alpha value is -3.74. The molecule has 0 aliphatic heterocycles. The molecule has 1 N–H and O–H groups in total. The van der Waals surface area contributed by atoms with Gasteiger partial charge in [0.15, 0.2) is 18.1 Å². The van der Waals surface area contributed by atoms with Crippen molar-refractivity contribution in [3.05, 3.63) is 100 Å². The number of methoxy groups -OCH3 is 1. The van der Waals surface area contributed by atoms with Crippen LogP contribution in [0.4, 0.5) is 0 Å². The number of hydrazone groups is 1. The molecule has 0 heterocycles. The van der Waals surface area contributed by atoms with Crippen molar-refractivity contribution in [2.24, 2.45) is 5.10 Å². The molecule has 0 spiro atoms. The fourth-order valence-corrected chi connectivity index (χ4v) is 3.83. The van der Waals surface area contributed by atoms with Gasteiger partial charge in [0.05, 0.1) is 13.3 Å². The molecule has 0 aliphatic carbocycles. The molecule has 0 saturated heterocycles. The number of hydrogen-bond acceptors (Lipinski definition) is 5. The lowest BCUT2D eigenvalue weighted by Crippen LogP contribution is -2.24. The molecule has 1 amide bonds. The summed E-state index contributed by atoms with van der Waals surface area (Å²) < 4.78 is 16.8. The maximum Gasteiger partial charge on any atom is 0.277 e. The Bertz CT molecular complexity index is 1350. The Morgan fingerprint density at radius 1 is 0.886 bits per heavy atom. The number of fused-ring (bicyclic) bond motifs is 1. The lowest BCUT2D eigenvalue weighted by molar-refractivity contribution is -0.123. The molecule has 0 bridgehead atoms. The number of amides is 1. The molecule has 4 aromatic carbocycles. The smallest absolute Gasteiger partial charge is 0.277 e. The SMILES string of the molecule is COc1cc(/C=N/NC(=O)COc2ccc3ccccc3c2)ccc1OCc1c(Cl)cccc1Cl. The van der Waals surface area contributed by atoms with Gasteiger partial charge in [-0.05, 0) is 58.8 Å². The lowest BCUT2D eigenvalue weighted by Gasteiger charge is -2.13. The van der Waals surface area contributed by atoms with E-state index in [9.17, 15) is 4.79 Å². The van der Waals surface area contributed by atoms with E-state index in [1.54, 1.807) is 36.4 Å². The van der Waals surface area contributed by atoms with E-state index in [-0.39, 0.29) is 19.1 Å². The van der Waals surface area contributed by atoms with Crippen LogP contribution in [-0.2, 0) is 11.4 Å². The van der Waals surface area contributed by atoms with Crippen molar-refractivity contribution in [2.45, 2.75) is 6.61 Å². The summed E-state index contributed by atoms with van der Waals surface area (Å²) in [5.74, 6) is 1.26. The van der Waals surface area contributed by atoms with Gasteiger partial charge in [-0.25, -0.2) is 5.43 Å². The third-order valence-electron chi connectivity index (χ3n) is 5.12. The van der Waals surface area contributed by atoms with Gasteiger partial charge in [0.25, 0.3) is 5.91 Å². The lowest BCUT2D eigenvalue weighted by atomic mass is 10.1. The second-order valence-corrected chi connectivity index (χ2v) is 8.30. The van der Waals surface area contributed by atoms with Crippen molar-refractivity contribution in [1.82, 2.24) is 5.43 Å². The molecule has 0 saturated carbocycles. The summed E-state index contributed by atoms with van der Waals surface area (Å²) in [5.41, 5.74) is 3.85. The van der Waals surface area contributed by atoms with Gasteiger partial charge in [0.1, 0.15) is 12.4 Å². The first-order valence-electron chi connectivity index (χ1n) is 10.7. The largest absolute Gasteiger partial charge is 0.493 e. The number of ether oxygens (including phenoxy) is 3. The first-order chi connectivity index (χ1) is 17.0. The number of carbonyl (C=O) groups is 1. The maximum absolute atomic E-state index is 12.1. The predicted octanol–water partition coefficient (Wildman–Crippen LogP) is 6.26. The highest BCUT2D eigenvalue weighted by molar-refractivity contribution is 6.35. The second-order valence-electron chi connectivity index (χ2n) is 7.49. The van der Waals surface area contributed by atoms with Crippen LogP contribution in [0, 0.1) is 0 Å². The molecule has 0 atom stereocenters. The van der Waals surface area contributed by atoms with Crippen molar-refractivity contribution in [1.29, 1.82) is 0 Å². The molecule has 0 radical (unpaired) electrons. The summed E-state index contributed by atoms with van der Waals surface area (Å²) in [4.78, 5) is 12.1. The van der Waals surface area contributed by atoms with Crippen LogP contribution in [0.25, 0.3) is 10.8 Å². The summed E-state index contributed by atoms with van der Waals surface area (Å²) in [6, 6.07) is 24.2. The van der Waals surface area contributed by atoms with Gasteiger partial charge in [-0.15, -0.1) is 0 Å². The maximum atomic E-state index is 12.1. The summed E-state index contributed by atoms with van der Waals surface area (Å²) in [6.45, 7) is 0.0337. The minimum absolute atomic E-state index is 0.156. The van der Waals surface area contributed by atoms with Crippen LogP contribution in [0.3, 0.4) is 0 Å². The van der Waals surface area contributed by atoms with Crippen molar-refractivity contribution in [3.8, 4) is 17.2 Å². The highest BCUT2D eigenvalue weighted by Gasteiger charge is 2.10. The van der Waals surface area contributed by atoms with Crippen molar-refractivity contribution in [3.63, 3.8) is 0 Å². The predicted molar refractivity (Wildman–Crippen MR) is 139 cm³/mol. The molecule has 8 heteroatoms. The zero-order valence-corrected chi connectivity index (χ0v) is 20.3. The van der Waals surface area contributed by atoms with Crippen LogP contribution in [0.2, 0.25) is 10.0 Å². The van der Waals surface area contributed by atoms with Crippen LogP contribution in [0.15, 0.2) is 84.0 Å². The normalized spacial score (nSPS) is 10.9. The number of carbonyl (C=O) groups excluding carboxylic acids is 1. The average Bonchev–Trinajstić information content (AvgIpc) is 2.87. The van der Waals surface area contributed by atoms with E-state index in [4.69, 9.17) is 37.4 Å². The highest BCUT2D eigenvalue weighted by Crippen LogP contribution is 2.31. The van der Waals surface area contributed by atoms with Gasteiger partial charge < -0.3 is 14.2 Å².